The molecule has 1 heterocycles. The summed E-state index contributed by atoms with van der Waals surface area (Å²) in [5, 5.41) is 7.65. The minimum absolute atomic E-state index is 0. The van der Waals surface area contributed by atoms with Crippen LogP contribution in [0.1, 0.15) is 32.0 Å². The fourth-order valence-corrected chi connectivity index (χ4v) is 1.44. The molecule has 94 valence electrons. The quantitative estimate of drug-likeness (QED) is 0.750. The second kappa shape index (κ2) is 8.56. The smallest absolute Gasteiger partial charge is 0.0587 e. The Kier molecular flexibility index (Phi) is 8.25. The van der Waals surface area contributed by atoms with Crippen molar-refractivity contribution in [3.05, 3.63) is 18.0 Å². The summed E-state index contributed by atoms with van der Waals surface area (Å²) in [6, 6.07) is 2.53. The highest BCUT2D eigenvalue weighted by molar-refractivity contribution is 5.85. The number of hydrogen-bond acceptors (Lipinski definition) is 3. The van der Waals surface area contributed by atoms with Gasteiger partial charge in [-0.25, -0.2) is 0 Å². The molecule has 0 saturated heterocycles. The van der Waals surface area contributed by atoms with Crippen molar-refractivity contribution in [2.24, 2.45) is 0 Å². The minimum Gasteiger partial charge on any atom is -0.383 e. The van der Waals surface area contributed by atoms with E-state index >= 15 is 0 Å². The van der Waals surface area contributed by atoms with Crippen molar-refractivity contribution in [3.63, 3.8) is 0 Å². The lowest BCUT2D eigenvalue weighted by molar-refractivity contribution is 0.198. The number of halogens is 1. The van der Waals surface area contributed by atoms with Gasteiger partial charge in [0.05, 0.1) is 12.3 Å². The van der Waals surface area contributed by atoms with E-state index in [1.165, 1.54) is 5.69 Å². The van der Waals surface area contributed by atoms with Crippen molar-refractivity contribution in [1.29, 1.82) is 0 Å². The molecule has 4 nitrogen and oxygen atoms in total. The first kappa shape index (κ1) is 15.4. The molecule has 5 heteroatoms. The number of nitrogens with one attached hydrogen (secondary N) is 1. The number of rotatable bonds is 7. The molecule has 1 rings (SSSR count). The number of nitrogens with zero attached hydrogens (tertiary/aromatic N) is 2. The summed E-state index contributed by atoms with van der Waals surface area (Å²) in [6.07, 6.45) is 2.96. The molecule has 1 aromatic rings. The van der Waals surface area contributed by atoms with Crippen LogP contribution in [0.25, 0.3) is 0 Å². The maximum Gasteiger partial charge on any atom is 0.0587 e. The van der Waals surface area contributed by atoms with Crippen LogP contribution in [-0.2, 0) is 11.3 Å². The average Bonchev–Trinajstić information content (AvgIpc) is 2.71. The summed E-state index contributed by atoms with van der Waals surface area (Å²) in [6.45, 7) is 6.84. The molecule has 1 unspecified atom stereocenters. The van der Waals surface area contributed by atoms with Gasteiger partial charge < -0.3 is 10.1 Å². The van der Waals surface area contributed by atoms with Crippen molar-refractivity contribution < 1.29 is 4.74 Å². The van der Waals surface area contributed by atoms with E-state index in [1.807, 2.05) is 6.20 Å². The molecule has 0 fully saturated rings. The van der Waals surface area contributed by atoms with Crippen LogP contribution in [0.3, 0.4) is 0 Å². The molecule has 1 atom stereocenters. The maximum atomic E-state index is 4.98. The van der Waals surface area contributed by atoms with Gasteiger partial charge >= 0.3 is 0 Å². The van der Waals surface area contributed by atoms with Crippen LogP contribution in [0.15, 0.2) is 12.3 Å². The lowest BCUT2D eigenvalue weighted by Crippen LogP contribution is -2.21. The topological polar surface area (TPSA) is 39.1 Å². The minimum atomic E-state index is 0. The van der Waals surface area contributed by atoms with E-state index in [0.717, 1.165) is 26.1 Å². The molecule has 0 aliphatic heterocycles. The molecule has 0 bridgehead atoms. The van der Waals surface area contributed by atoms with E-state index in [1.54, 1.807) is 7.11 Å². The first-order valence-corrected chi connectivity index (χ1v) is 5.51. The van der Waals surface area contributed by atoms with Gasteiger partial charge in [-0.3, -0.25) is 4.68 Å². The summed E-state index contributed by atoms with van der Waals surface area (Å²) in [5.41, 5.74) is 1.24. The van der Waals surface area contributed by atoms with Crippen molar-refractivity contribution in [2.75, 3.05) is 20.3 Å². The van der Waals surface area contributed by atoms with Crippen LogP contribution >= 0.6 is 12.4 Å². The molecule has 0 aliphatic rings. The normalized spacial score (nSPS) is 12.2. The van der Waals surface area contributed by atoms with Crippen LogP contribution < -0.4 is 5.32 Å². The van der Waals surface area contributed by atoms with Crippen molar-refractivity contribution >= 4 is 12.4 Å². The molecule has 16 heavy (non-hydrogen) atoms. The Labute approximate surface area is 104 Å². The Morgan fingerprint density at radius 1 is 1.56 bits per heavy atom. The molecule has 0 saturated carbocycles. The van der Waals surface area contributed by atoms with E-state index in [2.05, 4.69) is 35.0 Å². The number of methoxy groups -OCH3 is 1. The van der Waals surface area contributed by atoms with Crippen molar-refractivity contribution in [2.45, 2.75) is 32.9 Å². The van der Waals surface area contributed by atoms with Gasteiger partial charge in [0.25, 0.3) is 0 Å². The van der Waals surface area contributed by atoms with Crippen LogP contribution in [0.5, 0.6) is 0 Å². The van der Waals surface area contributed by atoms with Gasteiger partial charge in [-0.05, 0) is 19.4 Å². The zero-order valence-electron chi connectivity index (χ0n) is 10.3. The lowest BCUT2D eigenvalue weighted by Gasteiger charge is -2.14. The fourth-order valence-electron chi connectivity index (χ4n) is 1.44. The Hall–Kier alpha value is -0.580. The van der Waals surface area contributed by atoms with Gasteiger partial charge in [-0.15, -0.1) is 12.4 Å². The van der Waals surface area contributed by atoms with E-state index in [9.17, 15) is 0 Å². The maximum absolute atomic E-state index is 4.98. The van der Waals surface area contributed by atoms with Gasteiger partial charge in [-0.1, -0.05) is 6.92 Å². The van der Waals surface area contributed by atoms with Crippen LogP contribution in [0.2, 0.25) is 0 Å². The molecule has 1 aromatic heterocycles. The van der Waals surface area contributed by atoms with Gasteiger partial charge in [0.15, 0.2) is 0 Å². The number of hydrogen-bond donors (Lipinski definition) is 1. The second-order valence-corrected chi connectivity index (χ2v) is 3.69. The first-order valence-electron chi connectivity index (χ1n) is 5.51. The molecule has 0 radical (unpaired) electrons. The van der Waals surface area contributed by atoms with Crippen LogP contribution in [0, 0.1) is 0 Å². The summed E-state index contributed by atoms with van der Waals surface area (Å²) in [7, 11) is 1.71. The van der Waals surface area contributed by atoms with Gasteiger partial charge in [0.1, 0.15) is 0 Å². The molecule has 1 N–H and O–H groups in total. The molecular weight excluding hydrogens is 226 g/mol. The molecule has 0 spiro atoms. The standard InChI is InChI=1S/C11H21N3O.ClH/c1-4-10(2)14-11(5-6-13-14)9-12-7-8-15-3;/h5-6,10,12H,4,7-9H2,1-3H3;1H. The average molecular weight is 248 g/mol. The summed E-state index contributed by atoms with van der Waals surface area (Å²) >= 11 is 0. The Balaban J connectivity index is 0.00000225. The third-order valence-corrected chi connectivity index (χ3v) is 2.55. The molecular formula is C11H22ClN3O. The Morgan fingerprint density at radius 2 is 2.31 bits per heavy atom. The van der Waals surface area contributed by atoms with Gasteiger partial charge in [-0.2, -0.15) is 5.10 Å². The third-order valence-electron chi connectivity index (χ3n) is 2.55. The van der Waals surface area contributed by atoms with Crippen LogP contribution in [0.4, 0.5) is 0 Å². The van der Waals surface area contributed by atoms with E-state index in [-0.39, 0.29) is 12.4 Å². The fraction of sp³-hybridized carbons (Fsp3) is 0.727. The van der Waals surface area contributed by atoms with Gasteiger partial charge in [0, 0.05) is 32.4 Å². The third kappa shape index (κ3) is 4.51. The summed E-state index contributed by atoms with van der Waals surface area (Å²) < 4.78 is 7.06. The number of aromatic nitrogens is 2. The SMILES string of the molecule is CCC(C)n1nccc1CNCCOC.Cl. The monoisotopic (exact) mass is 247 g/mol. The van der Waals surface area contributed by atoms with E-state index in [0.29, 0.717) is 6.04 Å². The molecule has 0 aliphatic carbocycles. The number of ether oxygens (including phenoxy) is 1. The van der Waals surface area contributed by atoms with Crippen molar-refractivity contribution in [1.82, 2.24) is 15.1 Å². The van der Waals surface area contributed by atoms with Gasteiger partial charge in [0.2, 0.25) is 0 Å². The predicted molar refractivity (Wildman–Crippen MR) is 68.1 cm³/mol. The highest BCUT2D eigenvalue weighted by Gasteiger charge is 2.07. The largest absolute Gasteiger partial charge is 0.383 e. The predicted octanol–water partition coefficient (Wildman–Crippen LogP) is 2.01. The van der Waals surface area contributed by atoms with Crippen molar-refractivity contribution in [3.8, 4) is 0 Å². The van der Waals surface area contributed by atoms with Crippen LogP contribution in [-0.4, -0.2) is 30.0 Å². The Morgan fingerprint density at radius 3 is 2.94 bits per heavy atom. The Bertz CT molecular complexity index is 278. The molecule has 0 amide bonds. The van der Waals surface area contributed by atoms with E-state index in [4.69, 9.17) is 4.74 Å². The highest BCUT2D eigenvalue weighted by Crippen LogP contribution is 2.11. The lowest BCUT2D eigenvalue weighted by atomic mass is 10.2. The highest BCUT2D eigenvalue weighted by atomic mass is 35.5. The zero-order chi connectivity index (χ0) is 11.1. The molecule has 0 aromatic carbocycles. The van der Waals surface area contributed by atoms with E-state index < -0.39 is 0 Å². The second-order valence-electron chi connectivity index (χ2n) is 3.69. The summed E-state index contributed by atoms with van der Waals surface area (Å²) in [5.74, 6) is 0. The zero-order valence-corrected chi connectivity index (χ0v) is 11.1. The summed E-state index contributed by atoms with van der Waals surface area (Å²) in [4.78, 5) is 0. The first-order chi connectivity index (χ1) is 7.29.